The van der Waals surface area contributed by atoms with Gasteiger partial charge in [0, 0.05) is 13.0 Å². The van der Waals surface area contributed by atoms with Crippen molar-refractivity contribution in [1.29, 1.82) is 0 Å². The summed E-state index contributed by atoms with van der Waals surface area (Å²) in [7, 11) is 0. The van der Waals surface area contributed by atoms with E-state index < -0.39 is 0 Å². The summed E-state index contributed by atoms with van der Waals surface area (Å²) in [6.07, 6.45) is 13.7. The Morgan fingerprint density at radius 2 is 2.15 bits per heavy atom. The number of allylic oxidation sites excluding steroid dienone is 3. The SMILES string of the molecule is C1=CC2OC2(C=CC2=NN(c3ccccc3)CC2)C=C1. The Bertz CT molecular complexity index is 630. The molecule has 1 aliphatic carbocycles. The fraction of sp³-hybridized carbons (Fsp3) is 0.235. The standard InChI is InChI=1S/C17H16N2O/c1-2-6-15(7-3-1)19-13-10-14(18-19)9-12-17-11-5-4-8-16(17)20-17/h1-9,11-12,16H,10,13H2. The first kappa shape index (κ1) is 11.7. The summed E-state index contributed by atoms with van der Waals surface area (Å²) in [6.45, 7) is 0.941. The fourth-order valence-electron chi connectivity index (χ4n) is 2.68. The number of ether oxygens (including phenoxy) is 1. The highest BCUT2D eigenvalue weighted by molar-refractivity contribution is 5.97. The van der Waals surface area contributed by atoms with E-state index in [-0.39, 0.29) is 11.7 Å². The van der Waals surface area contributed by atoms with Gasteiger partial charge in [-0.1, -0.05) is 36.4 Å². The average Bonchev–Trinajstić information content (AvgIpc) is 3.05. The summed E-state index contributed by atoms with van der Waals surface area (Å²) in [6, 6.07) is 10.3. The zero-order chi connectivity index (χ0) is 13.4. The second kappa shape index (κ2) is 4.46. The lowest BCUT2D eigenvalue weighted by Crippen LogP contribution is -2.11. The minimum Gasteiger partial charge on any atom is -0.353 e. The largest absolute Gasteiger partial charge is 0.353 e. The highest BCUT2D eigenvalue weighted by Gasteiger charge is 2.51. The smallest absolute Gasteiger partial charge is 0.136 e. The molecule has 2 atom stereocenters. The van der Waals surface area contributed by atoms with E-state index in [1.165, 1.54) is 0 Å². The predicted molar refractivity (Wildman–Crippen MR) is 80.9 cm³/mol. The number of hydrogen-bond donors (Lipinski definition) is 0. The molecule has 0 radical (unpaired) electrons. The van der Waals surface area contributed by atoms with Crippen molar-refractivity contribution in [1.82, 2.24) is 0 Å². The van der Waals surface area contributed by atoms with Crippen LogP contribution in [0, 0.1) is 0 Å². The third kappa shape index (κ3) is 2.00. The van der Waals surface area contributed by atoms with Crippen molar-refractivity contribution in [2.24, 2.45) is 5.10 Å². The number of nitrogens with zero attached hydrogens (tertiary/aromatic N) is 2. The van der Waals surface area contributed by atoms with E-state index >= 15 is 0 Å². The van der Waals surface area contributed by atoms with Gasteiger partial charge in [-0.25, -0.2) is 0 Å². The normalized spacial score (nSPS) is 30.7. The van der Waals surface area contributed by atoms with Crippen molar-refractivity contribution in [2.45, 2.75) is 18.1 Å². The number of rotatable bonds is 3. The summed E-state index contributed by atoms with van der Waals surface area (Å²) >= 11 is 0. The molecule has 1 aromatic carbocycles. The Hall–Kier alpha value is -2.13. The molecule has 1 fully saturated rings. The summed E-state index contributed by atoms with van der Waals surface area (Å²) in [5.41, 5.74) is 2.06. The van der Waals surface area contributed by atoms with E-state index in [1.54, 1.807) is 0 Å². The predicted octanol–water partition coefficient (Wildman–Crippen LogP) is 3.07. The van der Waals surface area contributed by atoms with Crippen LogP contribution in [0.4, 0.5) is 5.69 Å². The Labute approximate surface area is 118 Å². The number of hydrogen-bond acceptors (Lipinski definition) is 3. The van der Waals surface area contributed by atoms with E-state index in [0.29, 0.717) is 0 Å². The molecule has 1 aromatic rings. The molecule has 2 unspecified atom stereocenters. The van der Waals surface area contributed by atoms with Crippen LogP contribution < -0.4 is 5.01 Å². The quantitative estimate of drug-likeness (QED) is 0.785. The molecule has 0 amide bonds. The van der Waals surface area contributed by atoms with Gasteiger partial charge >= 0.3 is 0 Å². The molecule has 0 bridgehead atoms. The zero-order valence-corrected chi connectivity index (χ0v) is 11.1. The number of para-hydroxylation sites is 1. The molecule has 0 N–H and O–H groups in total. The summed E-state index contributed by atoms with van der Waals surface area (Å²) in [5, 5.41) is 6.71. The monoisotopic (exact) mass is 264 g/mol. The van der Waals surface area contributed by atoms with E-state index in [1.807, 2.05) is 30.4 Å². The molecule has 100 valence electrons. The highest BCUT2D eigenvalue weighted by atomic mass is 16.6. The molecule has 3 aliphatic rings. The molecule has 2 aliphatic heterocycles. The maximum absolute atomic E-state index is 5.71. The Morgan fingerprint density at radius 3 is 3.00 bits per heavy atom. The van der Waals surface area contributed by atoms with Gasteiger partial charge in [0.05, 0.1) is 11.4 Å². The van der Waals surface area contributed by atoms with Crippen LogP contribution in [-0.4, -0.2) is 24.0 Å². The lowest BCUT2D eigenvalue weighted by molar-refractivity contribution is 0.376. The van der Waals surface area contributed by atoms with Gasteiger partial charge in [0.25, 0.3) is 0 Å². The molecule has 1 saturated heterocycles. The number of epoxide rings is 1. The topological polar surface area (TPSA) is 28.1 Å². The van der Waals surface area contributed by atoms with Gasteiger partial charge in [0.15, 0.2) is 0 Å². The van der Waals surface area contributed by atoms with Gasteiger partial charge < -0.3 is 4.74 Å². The Morgan fingerprint density at radius 1 is 1.25 bits per heavy atom. The van der Waals surface area contributed by atoms with Gasteiger partial charge in [-0.05, 0) is 30.4 Å². The molecule has 20 heavy (non-hydrogen) atoms. The number of fused-ring (bicyclic) bond motifs is 1. The van der Waals surface area contributed by atoms with Crippen molar-refractivity contribution in [3.8, 4) is 0 Å². The third-order valence-electron chi connectivity index (χ3n) is 3.89. The van der Waals surface area contributed by atoms with Crippen LogP contribution >= 0.6 is 0 Å². The Balaban J connectivity index is 1.48. The van der Waals surface area contributed by atoms with Crippen LogP contribution in [0.1, 0.15) is 6.42 Å². The fourth-order valence-corrected chi connectivity index (χ4v) is 2.68. The van der Waals surface area contributed by atoms with E-state index in [9.17, 15) is 0 Å². The maximum Gasteiger partial charge on any atom is 0.136 e. The van der Waals surface area contributed by atoms with Gasteiger partial charge in [-0.3, -0.25) is 5.01 Å². The van der Waals surface area contributed by atoms with Gasteiger partial charge in [0.1, 0.15) is 11.7 Å². The summed E-state index contributed by atoms with van der Waals surface area (Å²) in [5.74, 6) is 0. The molecule has 0 aromatic heterocycles. The van der Waals surface area contributed by atoms with E-state index in [0.717, 1.165) is 24.4 Å². The Kier molecular flexibility index (Phi) is 2.60. The summed E-state index contributed by atoms with van der Waals surface area (Å²) < 4.78 is 5.71. The van der Waals surface area contributed by atoms with Crippen LogP contribution in [0.3, 0.4) is 0 Å². The second-order valence-corrected chi connectivity index (χ2v) is 5.27. The molecule has 2 heterocycles. The van der Waals surface area contributed by atoms with E-state index in [4.69, 9.17) is 4.74 Å². The van der Waals surface area contributed by atoms with Crippen LogP contribution in [0.25, 0.3) is 0 Å². The first-order valence-corrected chi connectivity index (χ1v) is 6.99. The lowest BCUT2D eigenvalue weighted by Gasteiger charge is -2.12. The van der Waals surface area contributed by atoms with E-state index in [2.05, 4.69) is 46.5 Å². The second-order valence-electron chi connectivity index (χ2n) is 5.27. The van der Waals surface area contributed by atoms with Crippen molar-refractivity contribution in [3.63, 3.8) is 0 Å². The first-order valence-electron chi connectivity index (χ1n) is 6.99. The third-order valence-corrected chi connectivity index (χ3v) is 3.89. The maximum atomic E-state index is 5.71. The van der Waals surface area contributed by atoms with Crippen LogP contribution in [0.15, 0.2) is 71.9 Å². The number of benzene rings is 1. The highest BCUT2D eigenvalue weighted by Crippen LogP contribution is 2.42. The van der Waals surface area contributed by atoms with Gasteiger partial charge in [-0.15, -0.1) is 0 Å². The van der Waals surface area contributed by atoms with Crippen LogP contribution in [0.2, 0.25) is 0 Å². The number of hydrazone groups is 1. The molecular weight excluding hydrogens is 248 g/mol. The van der Waals surface area contributed by atoms with Crippen molar-refractivity contribution < 1.29 is 4.74 Å². The van der Waals surface area contributed by atoms with Crippen molar-refractivity contribution in [2.75, 3.05) is 11.6 Å². The molecule has 0 spiro atoms. The van der Waals surface area contributed by atoms with Crippen molar-refractivity contribution in [3.05, 3.63) is 66.8 Å². The molecule has 3 nitrogen and oxygen atoms in total. The van der Waals surface area contributed by atoms with Gasteiger partial charge in [-0.2, -0.15) is 5.10 Å². The van der Waals surface area contributed by atoms with Gasteiger partial charge in [0.2, 0.25) is 0 Å². The first-order chi connectivity index (χ1) is 9.86. The van der Waals surface area contributed by atoms with Crippen molar-refractivity contribution >= 4 is 11.4 Å². The molecular formula is C17H16N2O. The minimum atomic E-state index is -0.197. The van der Waals surface area contributed by atoms with Crippen LogP contribution in [0.5, 0.6) is 0 Å². The lowest BCUT2D eigenvalue weighted by atomic mass is 9.99. The zero-order valence-electron chi connectivity index (χ0n) is 11.1. The number of anilines is 1. The molecule has 4 rings (SSSR count). The molecule has 3 heteroatoms. The molecule has 0 saturated carbocycles. The van der Waals surface area contributed by atoms with Crippen LogP contribution in [-0.2, 0) is 4.74 Å². The minimum absolute atomic E-state index is 0.197. The summed E-state index contributed by atoms with van der Waals surface area (Å²) in [4.78, 5) is 0. The average molecular weight is 264 g/mol.